The van der Waals surface area contributed by atoms with E-state index in [0.29, 0.717) is 0 Å². The number of nitrogens with zero attached hydrogens (tertiary/aromatic N) is 1. The summed E-state index contributed by atoms with van der Waals surface area (Å²) in [7, 11) is -7.22. The summed E-state index contributed by atoms with van der Waals surface area (Å²) in [5.74, 6) is -1.56. The van der Waals surface area contributed by atoms with Crippen LogP contribution < -0.4 is 5.32 Å². The number of carbonyl (C=O) groups is 1. The van der Waals surface area contributed by atoms with Gasteiger partial charge in [-0.3, -0.25) is 4.79 Å². The SMILES string of the molecule is O=C(Nc1ccccc1S(=O)(=O)N1CCS(=O)(=O)CC1)c1ccc(F)cc1. The largest absolute Gasteiger partial charge is 0.321 e. The van der Waals surface area contributed by atoms with Gasteiger partial charge in [-0.1, -0.05) is 12.1 Å². The average molecular weight is 412 g/mol. The maximum Gasteiger partial charge on any atom is 0.255 e. The Morgan fingerprint density at radius 2 is 1.59 bits per heavy atom. The van der Waals surface area contributed by atoms with Gasteiger partial charge in [-0.25, -0.2) is 21.2 Å². The van der Waals surface area contributed by atoms with Gasteiger partial charge in [0.15, 0.2) is 9.84 Å². The highest BCUT2D eigenvalue weighted by Crippen LogP contribution is 2.26. The Balaban J connectivity index is 1.87. The van der Waals surface area contributed by atoms with Crippen molar-refractivity contribution in [3.63, 3.8) is 0 Å². The molecule has 1 fully saturated rings. The molecule has 0 aromatic heterocycles. The zero-order chi connectivity index (χ0) is 19.7. The number of hydrogen-bond acceptors (Lipinski definition) is 5. The highest BCUT2D eigenvalue weighted by molar-refractivity contribution is 7.92. The molecule has 0 radical (unpaired) electrons. The summed E-state index contributed by atoms with van der Waals surface area (Å²) >= 11 is 0. The first kappa shape index (κ1) is 19.5. The van der Waals surface area contributed by atoms with E-state index in [0.717, 1.165) is 16.4 Å². The van der Waals surface area contributed by atoms with Crippen LogP contribution in [0.5, 0.6) is 0 Å². The molecule has 1 amide bonds. The predicted molar refractivity (Wildman–Crippen MR) is 98.2 cm³/mol. The number of anilines is 1. The lowest BCUT2D eigenvalue weighted by atomic mass is 10.2. The van der Waals surface area contributed by atoms with Crippen molar-refractivity contribution in [2.45, 2.75) is 4.90 Å². The molecule has 0 aliphatic carbocycles. The van der Waals surface area contributed by atoms with Crippen molar-refractivity contribution >= 4 is 31.5 Å². The summed E-state index contributed by atoms with van der Waals surface area (Å²) in [6, 6.07) is 10.7. The molecule has 1 aliphatic rings. The topological polar surface area (TPSA) is 101 Å². The van der Waals surface area contributed by atoms with Crippen LogP contribution in [0.2, 0.25) is 0 Å². The quantitative estimate of drug-likeness (QED) is 0.820. The van der Waals surface area contributed by atoms with Gasteiger partial charge < -0.3 is 5.32 Å². The lowest BCUT2D eigenvalue weighted by Gasteiger charge is -2.26. The van der Waals surface area contributed by atoms with Crippen LogP contribution in [-0.4, -0.2) is 51.6 Å². The highest BCUT2D eigenvalue weighted by atomic mass is 32.2. The minimum absolute atomic E-state index is 0.0697. The lowest BCUT2D eigenvalue weighted by Crippen LogP contribution is -2.43. The molecule has 3 rings (SSSR count). The van der Waals surface area contributed by atoms with Crippen LogP contribution in [0.1, 0.15) is 10.4 Å². The molecule has 27 heavy (non-hydrogen) atoms. The van der Waals surface area contributed by atoms with Gasteiger partial charge in [0, 0.05) is 18.7 Å². The summed E-state index contributed by atoms with van der Waals surface area (Å²) < 4.78 is 63.0. The number of benzene rings is 2. The van der Waals surface area contributed by atoms with Crippen LogP contribution in [-0.2, 0) is 19.9 Å². The third kappa shape index (κ3) is 4.34. The van der Waals surface area contributed by atoms with Gasteiger partial charge in [0.1, 0.15) is 10.7 Å². The Labute approximate surface area is 156 Å². The van der Waals surface area contributed by atoms with Crippen LogP contribution in [0.25, 0.3) is 0 Å². The molecular weight excluding hydrogens is 395 g/mol. The third-order valence-electron chi connectivity index (χ3n) is 4.16. The lowest BCUT2D eigenvalue weighted by molar-refractivity contribution is 0.102. The highest BCUT2D eigenvalue weighted by Gasteiger charge is 2.32. The maximum atomic E-state index is 13.0. The number of para-hydroxylation sites is 1. The number of halogens is 1. The fraction of sp³-hybridized carbons (Fsp3) is 0.235. The van der Waals surface area contributed by atoms with E-state index in [1.54, 1.807) is 6.07 Å². The van der Waals surface area contributed by atoms with E-state index in [1.807, 2.05) is 0 Å². The van der Waals surface area contributed by atoms with Crippen LogP contribution in [0, 0.1) is 5.82 Å². The van der Waals surface area contributed by atoms with Crippen molar-refractivity contribution in [2.24, 2.45) is 0 Å². The van der Waals surface area contributed by atoms with Gasteiger partial charge >= 0.3 is 0 Å². The van der Waals surface area contributed by atoms with Crippen molar-refractivity contribution in [3.8, 4) is 0 Å². The summed E-state index contributed by atoms with van der Waals surface area (Å²) in [6.07, 6.45) is 0. The molecule has 0 atom stereocenters. The van der Waals surface area contributed by atoms with Gasteiger partial charge in [-0.2, -0.15) is 4.31 Å². The zero-order valence-corrected chi connectivity index (χ0v) is 15.8. The van der Waals surface area contributed by atoms with Gasteiger partial charge in [-0.05, 0) is 36.4 Å². The molecule has 0 saturated carbocycles. The van der Waals surface area contributed by atoms with Crippen molar-refractivity contribution in [3.05, 3.63) is 59.9 Å². The Hall–Kier alpha value is -2.30. The second-order valence-electron chi connectivity index (χ2n) is 6.01. The second kappa shape index (κ2) is 7.37. The van der Waals surface area contributed by atoms with Crippen LogP contribution in [0.4, 0.5) is 10.1 Å². The van der Waals surface area contributed by atoms with E-state index < -0.39 is 31.6 Å². The molecule has 1 heterocycles. The van der Waals surface area contributed by atoms with Gasteiger partial charge in [0.05, 0.1) is 17.2 Å². The molecule has 1 saturated heterocycles. The molecular formula is C17H17FN2O5S2. The molecule has 7 nitrogen and oxygen atoms in total. The molecule has 10 heteroatoms. The molecule has 0 unspecified atom stereocenters. The molecule has 1 N–H and O–H groups in total. The normalized spacial score (nSPS) is 17.4. The Bertz CT molecular complexity index is 1050. The number of hydrogen-bond donors (Lipinski definition) is 1. The average Bonchev–Trinajstić information content (AvgIpc) is 2.62. The Morgan fingerprint density at radius 3 is 2.22 bits per heavy atom. The number of rotatable bonds is 4. The maximum absolute atomic E-state index is 13.0. The van der Waals surface area contributed by atoms with Crippen molar-refractivity contribution in [2.75, 3.05) is 29.9 Å². The smallest absolute Gasteiger partial charge is 0.255 e. The van der Waals surface area contributed by atoms with Gasteiger partial charge in [0.2, 0.25) is 10.0 Å². The number of carbonyl (C=O) groups excluding carboxylic acids is 1. The fourth-order valence-electron chi connectivity index (χ4n) is 2.67. The van der Waals surface area contributed by atoms with Crippen molar-refractivity contribution < 1.29 is 26.0 Å². The van der Waals surface area contributed by atoms with E-state index in [1.165, 1.54) is 30.3 Å². The molecule has 2 aromatic carbocycles. The minimum atomic E-state index is -3.98. The van der Waals surface area contributed by atoms with Crippen molar-refractivity contribution in [1.82, 2.24) is 4.31 Å². The first-order valence-electron chi connectivity index (χ1n) is 8.05. The van der Waals surface area contributed by atoms with Gasteiger partial charge in [-0.15, -0.1) is 0 Å². The fourth-order valence-corrected chi connectivity index (χ4v) is 5.69. The zero-order valence-electron chi connectivity index (χ0n) is 14.1. The predicted octanol–water partition coefficient (Wildman–Crippen LogP) is 1.50. The molecule has 0 bridgehead atoms. The third-order valence-corrected chi connectivity index (χ3v) is 7.73. The molecule has 1 aliphatic heterocycles. The number of sulfone groups is 1. The minimum Gasteiger partial charge on any atom is -0.321 e. The first-order valence-corrected chi connectivity index (χ1v) is 11.3. The standard InChI is InChI=1S/C17H17FN2O5S2/c18-14-7-5-13(6-8-14)17(21)19-15-3-1-2-4-16(15)27(24,25)20-9-11-26(22,23)12-10-20/h1-8H,9-12H2,(H,19,21). The Morgan fingerprint density at radius 1 is 1.00 bits per heavy atom. The van der Waals surface area contributed by atoms with Crippen molar-refractivity contribution in [1.29, 1.82) is 0 Å². The number of nitrogens with one attached hydrogen (secondary N) is 1. The summed E-state index contributed by atoms with van der Waals surface area (Å²) in [5, 5.41) is 2.52. The number of sulfonamides is 1. The second-order valence-corrected chi connectivity index (χ2v) is 10.2. The molecule has 144 valence electrons. The van der Waals surface area contributed by atoms with E-state index in [4.69, 9.17) is 0 Å². The number of amides is 1. The van der Waals surface area contributed by atoms with E-state index in [2.05, 4.69) is 5.32 Å². The van der Waals surface area contributed by atoms with Crippen LogP contribution in [0.15, 0.2) is 53.4 Å². The summed E-state index contributed by atoms with van der Waals surface area (Å²) in [6.45, 7) is -0.268. The molecule has 2 aromatic rings. The first-order chi connectivity index (χ1) is 12.7. The summed E-state index contributed by atoms with van der Waals surface area (Å²) in [4.78, 5) is 12.2. The van der Waals surface area contributed by atoms with Crippen LogP contribution in [0.3, 0.4) is 0 Å². The van der Waals surface area contributed by atoms with E-state index >= 15 is 0 Å². The Kier molecular flexibility index (Phi) is 5.31. The summed E-state index contributed by atoms with van der Waals surface area (Å²) in [5.41, 5.74) is 0.243. The van der Waals surface area contributed by atoms with E-state index in [-0.39, 0.29) is 40.7 Å². The van der Waals surface area contributed by atoms with Gasteiger partial charge in [0.25, 0.3) is 5.91 Å². The molecule has 0 spiro atoms. The van der Waals surface area contributed by atoms with E-state index in [9.17, 15) is 26.0 Å². The monoisotopic (exact) mass is 412 g/mol. The van der Waals surface area contributed by atoms with Crippen LogP contribution >= 0.6 is 0 Å².